The van der Waals surface area contributed by atoms with Gasteiger partial charge in [0.2, 0.25) is 0 Å². The molecule has 0 radical (unpaired) electrons. The van der Waals surface area contributed by atoms with E-state index in [1.807, 2.05) is 32.0 Å². The lowest BCUT2D eigenvalue weighted by atomic mass is 10.1. The number of hydrogen-bond acceptors (Lipinski definition) is 3. The maximum Gasteiger partial charge on any atom is 0.313 e. The second-order valence-corrected chi connectivity index (χ2v) is 6.40. The number of esters is 1. The lowest BCUT2D eigenvalue weighted by molar-refractivity contribution is -0.137. The molecule has 0 bridgehead atoms. The van der Waals surface area contributed by atoms with Crippen LogP contribution in [0, 0.1) is 5.92 Å². The topological polar surface area (TPSA) is 45.3 Å². The Kier molecular flexibility index (Phi) is 4.48. The number of hydrogen-bond donors (Lipinski definition) is 1. The quantitative estimate of drug-likeness (QED) is 0.680. The average molecular weight is 300 g/mol. The maximum atomic E-state index is 11.7. The first-order valence-corrected chi connectivity index (χ1v) is 8.17. The fourth-order valence-electron chi connectivity index (χ4n) is 2.95. The van der Waals surface area contributed by atoms with E-state index in [1.54, 1.807) is 0 Å². The molecule has 1 N–H and O–H groups in total. The molecule has 118 valence electrons. The van der Waals surface area contributed by atoms with Crippen LogP contribution in [0.5, 0.6) is 5.75 Å². The van der Waals surface area contributed by atoms with Gasteiger partial charge in [0.1, 0.15) is 5.75 Å². The van der Waals surface area contributed by atoms with Gasteiger partial charge in [0.05, 0.1) is 5.92 Å². The monoisotopic (exact) mass is 300 g/mol. The smallest absolute Gasteiger partial charge is 0.313 e. The number of fused-ring (bicyclic) bond motifs is 1. The van der Waals surface area contributed by atoms with Gasteiger partial charge in [-0.15, -0.1) is 0 Å². The van der Waals surface area contributed by atoms with Crippen molar-refractivity contribution in [2.75, 3.05) is 19.6 Å². The first-order valence-electron chi connectivity index (χ1n) is 8.17. The molecule has 1 aromatic carbocycles. The average Bonchev–Trinajstić information content (AvgIpc) is 3.14. The molecule has 1 aliphatic heterocycles. The summed E-state index contributed by atoms with van der Waals surface area (Å²) < 4.78 is 5.37. The van der Waals surface area contributed by atoms with Crippen molar-refractivity contribution >= 4 is 16.9 Å². The number of benzene rings is 1. The molecule has 3 rings (SSSR count). The van der Waals surface area contributed by atoms with E-state index in [-0.39, 0.29) is 11.9 Å². The molecule has 4 heteroatoms. The molecule has 1 fully saturated rings. The molecule has 0 aliphatic carbocycles. The number of aromatic nitrogens is 1. The molecular formula is C18H24N2O2. The Morgan fingerprint density at radius 3 is 2.82 bits per heavy atom. The third-order valence-corrected chi connectivity index (χ3v) is 4.32. The summed E-state index contributed by atoms with van der Waals surface area (Å²) in [6.45, 7) is 7.27. The largest absolute Gasteiger partial charge is 0.426 e. The molecule has 0 unspecified atom stereocenters. The zero-order chi connectivity index (χ0) is 15.5. The van der Waals surface area contributed by atoms with Crippen molar-refractivity contribution in [2.24, 2.45) is 5.92 Å². The molecule has 0 saturated carbocycles. The highest BCUT2D eigenvalue weighted by Crippen LogP contribution is 2.24. The van der Waals surface area contributed by atoms with Gasteiger partial charge >= 0.3 is 5.97 Å². The predicted octanol–water partition coefficient (Wildman–Crippen LogP) is 3.37. The van der Waals surface area contributed by atoms with Crippen molar-refractivity contribution in [3.8, 4) is 5.75 Å². The number of carbonyl (C=O) groups is 1. The standard InChI is InChI=1S/C18H24N2O2/c1-13(2)18(21)22-15-5-6-16-14(12-19-17(16)11-15)7-10-20-8-3-4-9-20/h5-6,11-13,19H,3-4,7-10H2,1-2H3. The van der Waals surface area contributed by atoms with Gasteiger partial charge in [-0.1, -0.05) is 13.8 Å². The van der Waals surface area contributed by atoms with Gasteiger partial charge in [-0.3, -0.25) is 4.79 Å². The van der Waals surface area contributed by atoms with Crippen LogP contribution in [-0.4, -0.2) is 35.5 Å². The zero-order valence-electron chi connectivity index (χ0n) is 13.4. The third-order valence-electron chi connectivity index (χ3n) is 4.32. The molecule has 1 saturated heterocycles. The molecule has 0 amide bonds. The Balaban J connectivity index is 1.70. The molecule has 1 aromatic heterocycles. The molecule has 22 heavy (non-hydrogen) atoms. The van der Waals surface area contributed by atoms with Crippen LogP contribution in [0.2, 0.25) is 0 Å². The highest BCUT2D eigenvalue weighted by molar-refractivity contribution is 5.85. The van der Waals surface area contributed by atoms with Gasteiger partial charge < -0.3 is 14.6 Å². The van der Waals surface area contributed by atoms with Gasteiger partial charge in [-0.2, -0.15) is 0 Å². The first kappa shape index (κ1) is 15.1. The predicted molar refractivity (Wildman–Crippen MR) is 88.1 cm³/mol. The van der Waals surface area contributed by atoms with E-state index in [2.05, 4.69) is 16.1 Å². The Bertz CT molecular complexity index is 654. The van der Waals surface area contributed by atoms with E-state index in [4.69, 9.17) is 4.74 Å². The second kappa shape index (κ2) is 6.53. The number of ether oxygens (including phenoxy) is 1. The van der Waals surface area contributed by atoms with Crippen LogP contribution >= 0.6 is 0 Å². The van der Waals surface area contributed by atoms with E-state index in [9.17, 15) is 4.79 Å². The van der Waals surface area contributed by atoms with E-state index >= 15 is 0 Å². The van der Waals surface area contributed by atoms with Crippen molar-refractivity contribution in [3.63, 3.8) is 0 Å². The summed E-state index contributed by atoms with van der Waals surface area (Å²) >= 11 is 0. The van der Waals surface area contributed by atoms with E-state index in [0.717, 1.165) is 18.5 Å². The van der Waals surface area contributed by atoms with Gasteiger partial charge in [-0.05, 0) is 50.0 Å². The van der Waals surface area contributed by atoms with Crippen LogP contribution in [-0.2, 0) is 11.2 Å². The van der Waals surface area contributed by atoms with Crippen molar-refractivity contribution in [1.82, 2.24) is 9.88 Å². The minimum Gasteiger partial charge on any atom is -0.426 e. The second-order valence-electron chi connectivity index (χ2n) is 6.40. The molecular weight excluding hydrogens is 276 g/mol. The van der Waals surface area contributed by atoms with Crippen molar-refractivity contribution in [2.45, 2.75) is 33.1 Å². The summed E-state index contributed by atoms with van der Waals surface area (Å²) in [6, 6.07) is 5.85. The summed E-state index contributed by atoms with van der Waals surface area (Å²) in [5.74, 6) is 0.301. The van der Waals surface area contributed by atoms with Crippen LogP contribution in [0.3, 0.4) is 0 Å². The maximum absolute atomic E-state index is 11.7. The van der Waals surface area contributed by atoms with E-state index in [0.29, 0.717) is 5.75 Å². The number of carbonyl (C=O) groups excluding carboxylic acids is 1. The van der Waals surface area contributed by atoms with E-state index < -0.39 is 0 Å². The number of nitrogens with one attached hydrogen (secondary N) is 1. The molecule has 0 atom stereocenters. The summed E-state index contributed by atoms with van der Waals surface area (Å²) in [7, 11) is 0. The normalized spacial score (nSPS) is 15.8. The molecule has 4 nitrogen and oxygen atoms in total. The minimum absolute atomic E-state index is 0.115. The van der Waals surface area contributed by atoms with Crippen LogP contribution in [0.4, 0.5) is 0 Å². The fourth-order valence-corrected chi connectivity index (χ4v) is 2.95. The number of likely N-dealkylation sites (tertiary alicyclic amines) is 1. The SMILES string of the molecule is CC(C)C(=O)Oc1ccc2c(CCN3CCCC3)c[nH]c2c1. The Hall–Kier alpha value is -1.81. The van der Waals surface area contributed by atoms with Crippen LogP contribution in [0.15, 0.2) is 24.4 Å². The van der Waals surface area contributed by atoms with Gasteiger partial charge in [0.25, 0.3) is 0 Å². The van der Waals surface area contributed by atoms with Gasteiger partial charge in [-0.25, -0.2) is 0 Å². The van der Waals surface area contributed by atoms with Crippen LogP contribution in [0.1, 0.15) is 32.3 Å². The zero-order valence-corrected chi connectivity index (χ0v) is 13.4. The molecule has 2 heterocycles. The molecule has 2 aromatic rings. The number of rotatable bonds is 5. The van der Waals surface area contributed by atoms with Crippen LogP contribution in [0.25, 0.3) is 10.9 Å². The van der Waals surface area contributed by atoms with Gasteiger partial charge in [0.15, 0.2) is 0 Å². The van der Waals surface area contributed by atoms with Crippen molar-refractivity contribution in [1.29, 1.82) is 0 Å². The summed E-state index contributed by atoms with van der Waals surface area (Å²) in [5.41, 5.74) is 2.37. The van der Waals surface area contributed by atoms with Gasteiger partial charge in [0, 0.05) is 29.7 Å². The lowest BCUT2D eigenvalue weighted by Crippen LogP contribution is -2.21. The Labute approximate surface area is 131 Å². The third kappa shape index (κ3) is 3.33. The molecule has 1 aliphatic rings. The minimum atomic E-state index is -0.194. The highest BCUT2D eigenvalue weighted by atomic mass is 16.5. The first-order chi connectivity index (χ1) is 10.6. The molecule has 0 spiro atoms. The highest BCUT2D eigenvalue weighted by Gasteiger charge is 2.13. The summed E-state index contributed by atoms with van der Waals surface area (Å²) in [5, 5.41) is 1.23. The lowest BCUT2D eigenvalue weighted by Gasteiger charge is -2.13. The summed E-state index contributed by atoms with van der Waals surface area (Å²) in [4.78, 5) is 17.5. The fraction of sp³-hybridized carbons (Fsp3) is 0.500. The van der Waals surface area contributed by atoms with Crippen LogP contribution < -0.4 is 4.74 Å². The van der Waals surface area contributed by atoms with Crippen molar-refractivity contribution in [3.05, 3.63) is 30.0 Å². The van der Waals surface area contributed by atoms with Crippen molar-refractivity contribution < 1.29 is 9.53 Å². The Morgan fingerprint density at radius 2 is 2.09 bits per heavy atom. The van der Waals surface area contributed by atoms with E-state index in [1.165, 1.54) is 36.9 Å². The summed E-state index contributed by atoms with van der Waals surface area (Å²) in [6.07, 6.45) is 5.80. The number of nitrogens with zero attached hydrogens (tertiary/aromatic N) is 1. The Morgan fingerprint density at radius 1 is 1.32 bits per heavy atom. The number of H-pyrrole nitrogens is 1. The number of aromatic amines is 1.